The highest BCUT2D eigenvalue weighted by Gasteiger charge is 2.25. The van der Waals surface area contributed by atoms with E-state index in [0.29, 0.717) is 37.5 Å². The summed E-state index contributed by atoms with van der Waals surface area (Å²) in [4.78, 5) is 32.9. The molecular weight excluding hydrogens is 394 g/mol. The minimum absolute atomic E-state index is 0.0487. The molecule has 3 amide bonds. The van der Waals surface area contributed by atoms with Gasteiger partial charge in [0.25, 0.3) is 5.91 Å². The Morgan fingerprint density at radius 1 is 1.03 bits per heavy atom. The number of ether oxygens (including phenoxy) is 1. The second-order valence-electron chi connectivity index (χ2n) is 7.37. The molecule has 0 saturated carbocycles. The van der Waals surface area contributed by atoms with Gasteiger partial charge in [-0.15, -0.1) is 0 Å². The van der Waals surface area contributed by atoms with Crippen LogP contribution < -0.4 is 10.1 Å². The lowest BCUT2D eigenvalue weighted by Gasteiger charge is -2.34. The third-order valence-corrected chi connectivity index (χ3v) is 5.30. The summed E-state index contributed by atoms with van der Waals surface area (Å²) in [5, 5.41) is 2.94. The fourth-order valence-corrected chi connectivity index (χ4v) is 3.54. The van der Waals surface area contributed by atoms with Gasteiger partial charge in [0.1, 0.15) is 5.75 Å². The molecule has 0 spiro atoms. The van der Waals surface area contributed by atoms with E-state index < -0.39 is 0 Å². The first-order chi connectivity index (χ1) is 15.1. The molecule has 3 aromatic rings. The van der Waals surface area contributed by atoms with E-state index in [4.69, 9.17) is 4.74 Å². The van der Waals surface area contributed by atoms with Crippen molar-refractivity contribution in [3.63, 3.8) is 0 Å². The first-order valence-electron chi connectivity index (χ1n) is 10.2. The van der Waals surface area contributed by atoms with Gasteiger partial charge >= 0.3 is 6.03 Å². The number of aromatic nitrogens is 2. The van der Waals surface area contributed by atoms with E-state index in [0.717, 1.165) is 17.8 Å². The molecule has 0 bridgehead atoms. The Bertz CT molecular complexity index is 1030. The summed E-state index contributed by atoms with van der Waals surface area (Å²) in [7, 11) is 1.58. The monoisotopic (exact) mass is 419 g/mol. The van der Waals surface area contributed by atoms with Gasteiger partial charge in [-0.05, 0) is 35.9 Å². The maximum atomic E-state index is 12.7. The average Bonchev–Trinajstić information content (AvgIpc) is 3.33. The smallest absolute Gasteiger partial charge is 0.321 e. The number of anilines is 1. The van der Waals surface area contributed by atoms with Crippen molar-refractivity contribution >= 4 is 17.6 Å². The number of nitrogens with one attached hydrogen (secondary N) is 1. The SMILES string of the molecule is COc1cccc(C(=O)N2CCN(C(=O)Nc3ccc(Cn4ccnc4)cc3)CC2)c1. The highest BCUT2D eigenvalue weighted by Crippen LogP contribution is 2.16. The number of hydrogen-bond acceptors (Lipinski definition) is 4. The molecule has 1 aromatic heterocycles. The lowest BCUT2D eigenvalue weighted by atomic mass is 10.1. The van der Waals surface area contributed by atoms with Crippen molar-refractivity contribution in [2.75, 3.05) is 38.6 Å². The maximum Gasteiger partial charge on any atom is 0.321 e. The summed E-state index contributed by atoms with van der Waals surface area (Å²) < 4.78 is 7.18. The van der Waals surface area contributed by atoms with Crippen molar-refractivity contribution in [3.8, 4) is 5.75 Å². The molecule has 4 rings (SSSR count). The van der Waals surface area contributed by atoms with E-state index in [1.165, 1.54) is 0 Å². The average molecular weight is 419 g/mol. The quantitative estimate of drug-likeness (QED) is 0.690. The van der Waals surface area contributed by atoms with E-state index in [-0.39, 0.29) is 11.9 Å². The van der Waals surface area contributed by atoms with Crippen molar-refractivity contribution in [1.29, 1.82) is 0 Å². The lowest BCUT2D eigenvalue weighted by molar-refractivity contribution is 0.0671. The number of carbonyl (C=O) groups is 2. The number of imidazole rings is 1. The van der Waals surface area contributed by atoms with Crippen molar-refractivity contribution in [2.24, 2.45) is 0 Å². The van der Waals surface area contributed by atoms with Gasteiger partial charge in [0.2, 0.25) is 0 Å². The van der Waals surface area contributed by atoms with Gasteiger partial charge in [0.15, 0.2) is 0 Å². The number of rotatable bonds is 5. The molecule has 0 radical (unpaired) electrons. The Balaban J connectivity index is 1.28. The van der Waals surface area contributed by atoms with Crippen molar-refractivity contribution in [1.82, 2.24) is 19.4 Å². The van der Waals surface area contributed by atoms with E-state index in [1.54, 1.807) is 47.6 Å². The second-order valence-corrected chi connectivity index (χ2v) is 7.37. The van der Waals surface area contributed by atoms with E-state index >= 15 is 0 Å². The summed E-state index contributed by atoms with van der Waals surface area (Å²) in [5.74, 6) is 0.604. The van der Waals surface area contributed by atoms with Gasteiger partial charge in [0.05, 0.1) is 13.4 Å². The fraction of sp³-hybridized carbons (Fsp3) is 0.261. The van der Waals surface area contributed by atoms with Gasteiger partial charge in [-0.2, -0.15) is 0 Å². The number of nitrogens with zero attached hydrogens (tertiary/aromatic N) is 4. The Hall–Kier alpha value is -3.81. The first kappa shape index (κ1) is 20.5. The summed E-state index contributed by atoms with van der Waals surface area (Å²) in [6.07, 6.45) is 5.43. The minimum Gasteiger partial charge on any atom is -0.497 e. The van der Waals surface area contributed by atoms with Gasteiger partial charge in [-0.25, -0.2) is 9.78 Å². The molecule has 2 heterocycles. The highest BCUT2D eigenvalue weighted by molar-refractivity contribution is 5.95. The summed E-state index contributed by atoms with van der Waals surface area (Å²) >= 11 is 0. The number of carbonyl (C=O) groups excluding carboxylic acids is 2. The highest BCUT2D eigenvalue weighted by atomic mass is 16.5. The summed E-state index contributed by atoms with van der Waals surface area (Å²) in [6, 6.07) is 14.7. The predicted molar refractivity (Wildman–Crippen MR) is 117 cm³/mol. The standard InChI is InChI=1S/C23H25N5O3/c1-31-21-4-2-3-19(15-21)22(29)27-11-13-28(14-12-27)23(30)25-20-7-5-18(6-8-20)16-26-10-9-24-17-26/h2-10,15,17H,11-14,16H2,1H3,(H,25,30). The molecule has 8 nitrogen and oxygen atoms in total. The molecule has 1 N–H and O–H groups in total. The minimum atomic E-state index is -0.157. The van der Waals surface area contributed by atoms with Crippen molar-refractivity contribution < 1.29 is 14.3 Å². The molecule has 1 saturated heterocycles. The van der Waals surface area contributed by atoms with Crippen molar-refractivity contribution in [2.45, 2.75) is 6.54 Å². The van der Waals surface area contributed by atoms with Crippen LogP contribution >= 0.6 is 0 Å². The van der Waals surface area contributed by atoms with E-state index in [2.05, 4.69) is 10.3 Å². The lowest BCUT2D eigenvalue weighted by Crippen LogP contribution is -2.51. The van der Waals surface area contributed by atoms with Gasteiger partial charge in [0, 0.05) is 56.4 Å². The van der Waals surface area contributed by atoms with E-state index in [9.17, 15) is 9.59 Å². The largest absolute Gasteiger partial charge is 0.497 e. The molecule has 0 unspecified atom stereocenters. The van der Waals surface area contributed by atoms with Gasteiger partial charge < -0.3 is 24.4 Å². The Morgan fingerprint density at radius 3 is 2.45 bits per heavy atom. The fourth-order valence-electron chi connectivity index (χ4n) is 3.54. The molecule has 2 aromatic carbocycles. The van der Waals surface area contributed by atoms with Crippen LogP contribution in [0.15, 0.2) is 67.3 Å². The normalized spacial score (nSPS) is 13.7. The third-order valence-electron chi connectivity index (χ3n) is 5.30. The van der Waals surface area contributed by atoms with Gasteiger partial charge in [-0.1, -0.05) is 18.2 Å². The predicted octanol–water partition coefficient (Wildman–Crippen LogP) is 2.93. The van der Waals surface area contributed by atoms with Crippen LogP contribution in [0.5, 0.6) is 5.75 Å². The number of amides is 3. The molecule has 1 aliphatic heterocycles. The number of methoxy groups -OCH3 is 1. The molecule has 0 atom stereocenters. The van der Waals surface area contributed by atoms with Crippen LogP contribution in [0.4, 0.5) is 10.5 Å². The number of piperazine rings is 1. The van der Waals surface area contributed by atoms with Crippen LogP contribution in [-0.2, 0) is 6.54 Å². The zero-order valence-corrected chi connectivity index (χ0v) is 17.4. The zero-order valence-electron chi connectivity index (χ0n) is 17.4. The molecule has 0 aliphatic carbocycles. The Labute approximate surface area is 181 Å². The van der Waals surface area contributed by atoms with Crippen LogP contribution in [0.2, 0.25) is 0 Å². The zero-order chi connectivity index (χ0) is 21.6. The number of urea groups is 1. The second kappa shape index (κ2) is 9.34. The number of hydrogen-bond donors (Lipinski definition) is 1. The van der Waals surface area contributed by atoms with Crippen LogP contribution in [0.1, 0.15) is 15.9 Å². The molecular formula is C23H25N5O3. The maximum absolute atomic E-state index is 12.7. The van der Waals surface area contributed by atoms with Crippen LogP contribution in [0, 0.1) is 0 Å². The molecule has 160 valence electrons. The van der Waals surface area contributed by atoms with Crippen LogP contribution in [0.3, 0.4) is 0 Å². The molecule has 1 fully saturated rings. The van der Waals surface area contributed by atoms with Gasteiger partial charge in [-0.3, -0.25) is 4.79 Å². The topological polar surface area (TPSA) is 79.7 Å². The number of benzene rings is 2. The summed E-state index contributed by atoms with van der Waals surface area (Å²) in [6.45, 7) is 2.69. The Kier molecular flexibility index (Phi) is 6.16. The molecule has 8 heteroatoms. The van der Waals surface area contributed by atoms with Crippen molar-refractivity contribution in [3.05, 3.63) is 78.4 Å². The third kappa shape index (κ3) is 5.03. The molecule has 31 heavy (non-hydrogen) atoms. The van der Waals surface area contributed by atoms with Crippen LogP contribution in [-0.4, -0.2) is 64.6 Å². The summed E-state index contributed by atoms with van der Waals surface area (Å²) in [5.41, 5.74) is 2.46. The molecule has 1 aliphatic rings. The van der Waals surface area contributed by atoms with Crippen LogP contribution in [0.25, 0.3) is 0 Å². The first-order valence-corrected chi connectivity index (χ1v) is 10.2. The Morgan fingerprint density at radius 2 is 1.77 bits per heavy atom. The van der Waals surface area contributed by atoms with E-state index in [1.807, 2.05) is 41.1 Å².